The zero-order valence-corrected chi connectivity index (χ0v) is 20.2. The Labute approximate surface area is 194 Å². The largest absolute Gasteiger partial charge is 0.444 e. The monoisotopic (exact) mass is 456 g/mol. The minimum Gasteiger partial charge on any atom is -0.444 e. The second kappa shape index (κ2) is 9.77. The topological polar surface area (TPSA) is 74.8 Å². The molecule has 3 rings (SSSR count). The van der Waals surface area contributed by atoms with E-state index in [9.17, 15) is 14.0 Å². The minimum atomic E-state index is -0.554. The number of carbonyl (C=O) groups is 2. The van der Waals surface area contributed by atoms with Crippen molar-refractivity contribution in [3.63, 3.8) is 0 Å². The Balaban J connectivity index is 1.92. The Bertz CT molecular complexity index is 1000. The number of carbonyl (C=O) groups excluding carboxylic acids is 2. The standard InChI is InChI=1S/C25H33FN4O3/c1-16-11-17(13-18(26)12-16)20-14-27-23(29(5)6)21(15-31)22(20)30-9-7-19(8-10-30)28-24(32)33-25(2,3)4/h11-15,19H,7-10H2,1-6H3,(H,28,32). The molecule has 178 valence electrons. The van der Waals surface area contributed by atoms with Crippen LogP contribution in [0.2, 0.25) is 0 Å². The molecular formula is C25H33FN4O3. The molecule has 2 aromatic rings. The molecule has 1 amide bonds. The number of aryl methyl sites for hydroxylation is 1. The van der Waals surface area contributed by atoms with Crippen LogP contribution in [0.1, 0.15) is 49.5 Å². The molecule has 0 spiro atoms. The smallest absolute Gasteiger partial charge is 0.407 e. The highest BCUT2D eigenvalue weighted by Crippen LogP contribution is 2.38. The highest BCUT2D eigenvalue weighted by atomic mass is 19.1. The summed E-state index contributed by atoms with van der Waals surface area (Å²) < 4.78 is 19.6. The lowest BCUT2D eigenvalue weighted by Gasteiger charge is -2.36. The van der Waals surface area contributed by atoms with Gasteiger partial charge in [0.2, 0.25) is 0 Å². The molecule has 0 radical (unpaired) electrons. The van der Waals surface area contributed by atoms with Gasteiger partial charge in [0.1, 0.15) is 17.2 Å². The summed E-state index contributed by atoms with van der Waals surface area (Å²) in [5, 5.41) is 2.94. The number of hydrogen-bond donors (Lipinski definition) is 1. The molecular weight excluding hydrogens is 423 g/mol. The van der Waals surface area contributed by atoms with Gasteiger partial charge in [-0.1, -0.05) is 6.07 Å². The van der Waals surface area contributed by atoms with E-state index in [2.05, 4.69) is 15.2 Å². The number of amides is 1. The number of rotatable bonds is 5. The third kappa shape index (κ3) is 6.00. The van der Waals surface area contributed by atoms with Gasteiger partial charge < -0.3 is 19.9 Å². The molecule has 1 aliphatic heterocycles. The number of aromatic nitrogens is 1. The van der Waals surface area contributed by atoms with Crippen molar-refractivity contribution in [2.75, 3.05) is 37.0 Å². The van der Waals surface area contributed by atoms with E-state index < -0.39 is 11.7 Å². The van der Waals surface area contributed by atoms with E-state index in [1.54, 1.807) is 11.1 Å². The highest BCUT2D eigenvalue weighted by Gasteiger charge is 2.28. The molecule has 1 fully saturated rings. The predicted octanol–water partition coefficient (Wildman–Crippen LogP) is 4.57. The van der Waals surface area contributed by atoms with Crippen LogP contribution < -0.4 is 15.1 Å². The lowest BCUT2D eigenvalue weighted by atomic mass is 9.97. The maximum absolute atomic E-state index is 14.2. The summed E-state index contributed by atoms with van der Waals surface area (Å²) in [4.78, 5) is 32.8. The first kappa shape index (κ1) is 24.5. The van der Waals surface area contributed by atoms with Crippen LogP contribution in [0.15, 0.2) is 24.4 Å². The van der Waals surface area contributed by atoms with Crippen LogP contribution in [0, 0.1) is 12.7 Å². The van der Waals surface area contributed by atoms with Gasteiger partial charge in [-0.25, -0.2) is 14.2 Å². The maximum atomic E-state index is 14.2. The number of ether oxygens (including phenoxy) is 1. The SMILES string of the molecule is Cc1cc(F)cc(-c2cnc(N(C)C)c(C=O)c2N2CCC(NC(=O)OC(C)(C)C)CC2)c1. The molecule has 7 nitrogen and oxygen atoms in total. The lowest BCUT2D eigenvalue weighted by molar-refractivity contribution is 0.0497. The number of hydrogen-bond acceptors (Lipinski definition) is 6. The van der Waals surface area contributed by atoms with Crippen molar-refractivity contribution in [2.45, 2.75) is 52.2 Å². The minimum absolute atomic E-state index is 0.0224. The van der Waals surface area contributed by atoms with E-state index >= 15 is 0 Å². The fraction of sp³-hybridized carbons (Fsp3) is 0.480. The first-order valence-electron chi connectivity index (χ1n) is 11.2. The van der Waals surface area contributed by atoms with Crippen molar-refractivity contribution >= 4 is 23.9 Å². The number of anilines is 2. The number of pyridine rings is 1. The number of piperidine rings is 1. The summed E-state index contributed by atoms with van der Waals surface area (Å²) in [7, 11) is 3.67. The Hall–Kier alpha value is -3.16. The molecule has 0 bridgehead atoms. The van der Waals surface area contributed by atoms with Gasteiger partial charge in [0.15, 0.2) is 6.29 Å². The summed E-state index contributed by atoms with van der Waals surface area (Å²) in [6, 6.07) is 4.81. The average molecular weight is 457 g/mol. The summed E-state index contributed by atoms with van der Waals surface area (Å²) >= 11 is 0. The van der Waals surface area contributed by atoms with E-state index in [0.29, 0.717) is 48.4 Å². The van der Waals surface area contributed by atoms with E-state index in [1.807, 2.05) is 47.9 Å². The molecule has 1 aromatic heterocycles. The van der Waals surface area contributed by atoms with Crippen LogP contribution in [-0.4, -0.2) is 56.2 Å². The molecule has 1 aromatic carbocycles. The summed E-state index contributed by atoms with van der Waals surface area (Å²) in [5.74, 6) is 0.228. The Morgan fingerprint density at radius 1 is 1.24 bits per heavy atom. The highest BCUT2D eigenvalue weighted by molar-refractivity contribution is 5.97. The Morgan fingerprint density at radius 2 is 1.91 bits per heavy atom. The van der Waals surface area contributed by atoms with E-state index in [-0.39, 0.29) is 11.9 Å². The van der Waals surface area contributed by atoms with E-state index in [0.717, 1.165) is 17.5 Å². The summed E-state index contributed by atoms with van der Waals surface area (Å²) in [5.41, 5.74) is 2.84. The fourth-order valence-corrected chi connectivity index (χ4v) is 4.14. The van der Waals surface area contributed by atoms with E-state index in [1.165, 1.54) is 12.1 Å². The quantitative estimate of drug-likeness (QED) is 0.665. The van der Waals surface area contributed by atoms with Crippen molar-refractivity contribution < 1.29 is 18.7 Å². The van der Waals surface area contributed by atoms with E-state index in [4.69, 9.17) is 4.74 Å². The van der Waals surface area contributed by atoms with Gasteiger partial charge >= 0.3 is 6.09 Å². The molecule has 0 unspecified atom stereocenters. The molecule has 8 heteroatoms. The maximum Gasteiger partial charge on any atom is 0.407 e. The van der Waals surface area contributed by atoms with Crippen LogP contribution in [0.5, 0.6) is 0 Å². The summed E-state index contributed by atoms with van der Waals surface area (Å²) in [6.45, 7) is 8.58. The molecule has 1 aliphatic rings. The van der Waals surface area contributed by atoms with Gasteiger partial charge in [-0.3, -0.25) is 4.79 Å². The van der Waals surface area contributed by atoms with Crippen molar-refractivity contribution in [3.05, 3.63) is 41.3 Å². The van der Waals surface area contributed by atoms with Crippen molar-refractivity contribution in [1.29, 1.82) is 0 Å². The van der Waals surface area contributed by atoms with Gasteiger partial charge in [0.25, 0.3) is 0 Å². The van der Waals surface area contributed by atoms with Crippen molar-refractivity contribution in [2.24, 2.45) is 0 Å². The van der Waals surface area contributed by atoms with Crippen LogP contribution in [0.3, 0.4) is 0 Å². The number of nitrogens with zero attached hydrogens (tertiary/aromatic N) is 3. The molecule has 1 saturated heterocycles. The zero-order chi connectivity index (χ0) is 24.3. The molecule has 1 N–H and O–H groups in total. The lowest BCUT2D eigenvalue weighted by Crippen LogP contribution is -2.46. The second-order valence-electron chi connectivity index (χ2n) is 9.69. The fourth-order valence-electron chi connectivity index (χ4n) is 4.14. The zero-order valence-electron chi connectivity index (χ0n) is 20.2. The van der Waals surface area contributed by atoms with Crippen LogP contribution in [0.25, 0.3) is 11.1 Å². The molecule has 33 heavy (non-hydrogen) atoms. The molecule has 0 atom stereocenters. The van der Waals surface area contributed by atoms with Crippen LogP contribution in [0.4, 0.5) is 20.7 Å². The third-order valence-electron chi connectivity index (χ3n) is 5.49. The van der Waals surface area contributed by atoms with Crippen molar-refractivity contribution in [3.8, 4) is 11.1 Å². The Kier molecular flexibility index (Phi) is 7.25. The second-order valence-corrected chi connectivity index (χ2v) is 9.69. The van der Waals surface area contributed by atoms with Gasteiger partial charge in [-0.15, -0.1) is 0 Å². The van der Waals surface area contributed by atoms with Crippen molar-refractivity contribution in [1.82, 2.24) is 10.3 Å². The van der Waals surface area contributed by atoms with Crippen LogP contribution in [-0.2, 0) is 4.74 Å². The Morgan fingerprint density at radius 3 is 2.45 bits per heavy atom. The third-order valence-corrected chi connectivity index (χ3v) is 5.49. The average Bonchev–Trinajstić information content (AvgIpc) is 2.71. The first-order chi connectivity index (χ1) is 15.5. The van der Waals surface area contributed by atoms with Gasteiger partial charge in [-0.05, 0) is 63.8 Å². The number of halogens is 1. The molecule has 2 heterocycles. The number of aldehydes is 1. The first-order valence-corrected chi connectivity index (χ1v) is 11.2. The van der Waals surface area contributed by atoms with Gasteiger partial charge in [0.05, 0.1) is 11.3 Å². The van der Waals surface area contributed by atoms with Crippen LogP contribution >= 0.6 is 0 Å². The molecule has 0 saturated carbocycles. The number of nitrogens with one attached hydrogen (secondary N) is 1. The van der Waals surface area contributed by atoms with Gasteiger partial charge in [0, 0.05) is 45.0 Å². The number of alkyl carbamates (subject to hydrolysis) is 1. The normalized spacial score (nSPS) is 14.7. The number of benzene rings is 1. The molecule has 0 aliphatic carbocycles. The summed E-state index contributed by atoms with van der Waals surface area (Å²) in [6.07, 6.45) is 3.48. The van der Waals surface area contributed by atoms with Gasteiger partial charge in [-0.2, -0.15) is 0 Å². The predicted molar refractivity (Wildman–Crippen MR) is 129 cm³/mol.